The average molecular weight is 258 g/mol. The van der Waals surface area contributed by atoms with Crippen molar-refractivity contribution < 1.29 is 19.1 Å². The Labute approximate surface area is 107 Å². The lowest BCUT2D eigenvalue weighted by Crippen LogP contribution is -2.36. The summed E-state index contributed by atoms with van der Waals surface area (Å²) in [5, 5.41) is 0. The molecule has 0 aromatic heterocycles. The SMILES string of the molecule is COC(=O)C1CN(C(=O)OC(C)(C)C)CC1CN. The van der Waals surface area contributed by atoms with Crippen LogP contribution in [0.25, 0.3) is 0 Å². The molecule has 0 aliphatic carbocycles. The van der Waals surface area contributed by atoms with Crippen LogP contribution in [0, 0.1) is 11.8 Å². The number of nitrogens with zero attached hydrogens (tertiary/aromatic N) is 1. The van der Waals surface area contributed by atoms with E-state index in [-0.39, 0.29) is 17.8 Å². The molecule has 0 radical (unpaired) electrons. The third-order valence-corrected chi connectivity index (χ3v) is 2.90. The highest BCUT2D eigenvalue weighted by Crippen LogP contribution is 2.25. The maximum atomic E-state index is 11.9. The van der Waals surface area contributed by atoms with Gasteiger partial charge in [0.1, 0.15) is 5.60 Å². The minimum Gasteiger partial charge on any atom is -0.469 e. The van der Waals surface area contributed by atoms with Crippen LogP contribution >= 0.6 is 0 Å². The zero-order valence-corrected chi connectivity index (χ0v) is 11.4. The number of amides is 1. The maximum Gasteiger partial charge on any atom is 0.410 e. The van der Waals surface area contributed by atoms with E-state index >= 15 is 0 Å². The molecular formula is C12H22N2O4. The predicted octanol–water partition coefficient (Wildman–Crippen LogP) is 0.601. The third kappa shape index (κ3) is 3.60. The first-order valence-corrected chi connectivity index (χ1v) is 6.04. The fourth-order valence-electron chi connectivity index (χ4n) is 2.00. The Kier molecular flexibility index (Phi) is 4.56. The van der Waals surface area contributed by atoms with Gasteiger partial charge in [0.05, 0.1) is 13.0 Å². The second-order valence-corrected chi connectivity index (χ2v) is 5.51. The van der Waals surface area contributed by atoms with Gasteiger partial charge in [0.2, 0.25) is 0 Å². The van der Waals surface area contributed by atoms with Gasteiger partial charge in [-0.2, -0.15) is 0 Å². The van der Waals surface area contributed by atoms with Crippen LogP contribution in [0.4, 0.5) is 4.79 Å². The summed E-state index contributed by atoms with van der Waals surface area (Å²) >= 11 is 0. The van der Waals surface area contributed by atoms with Gasteiger partial charge in [0.25, 0.3) is 0 Å². The number of carbonyl (C=O) groups is 2. The molecule has 1 aliphatic rings. The molecule has 0 aromatic rings. The number of likely N-dealkylation sites (tertiary alicyclic amines) is 1. The molecule has 0 aromatic carbocycles. The molecule has 1 saturated heterocycles. The fourth-order valence-corrected chi connectivity index (χ4v) is 2.00. The molecule has 6 heteroatoms. The summed E-state index contributed by atoms with van der Waals surface area (Å²) in [7, 11) is 1.34. The van der Waals surface area contributed by atoms with Crippen LogP contribution in [-0.4, -0.2) is 49.3 Å². The largest absolute Gasteiger partial charge is 0.469 e. The Hall–Kier alpha value is -1.30. The first-order valence-electron chi connectivity index (χ1n) is 6.04. The van der Waals surface area contributed by atoms with Crippen LogP contribution in [0.5, 0.6) is 0 Å². The van der Waals surface area contributed by atoms with Crippen molar-refractivity contribution in [1.29, 1.82) is 0 Å². The lowest BCUT2D eigenvalue weighted by atomic mass is 9.97. The highest BCUT2D eigenvalue weighted by molar-refractivity contribution is 5.76. The van der Waals surface area contributed by atoms with Crippen molar-refractivity contribution >= 4 is 12.1 Å². The zero-order chi connectivity index (χ0) is 13.9. The molecule has 2 N–H and O–H groups in total. The summed E-state index contributed by atoms with van der Waals surface area (Å²) in [5.74, 6) is -0.742. The van der Waals surface area contributed by atoms with E-state index in [2.05, 4.69) is 0 Å². The molecule has 1 aliphatic heterocycles. The number of hydrogen-bond acceptors (Lipinski definition) is 5. The smallest absolute Gasteiger partial charge is 0.410 e. The number of esters is 1. The van der Waals surface area contributed by atoms with Crippen LogP contribution in [0.2, 0.25) is 0 Å². The first-order chi connectivity index (χ1) is 8.28. The van der Waals surface area contributed by atoms with Crippen molar-refractivity contribution in [2.75, 3.05) is 26.7 Å². The van der Waals surface area contributed by atoms with Gasteiger partial charge in [-0.3, -0.25) is 4.79 Å². The van der Waals surface area contributed by atoms with Gasteiger partial charge in [0, 0.05) is 19.0 Å². The van der Waals surface area contributed by atoms with E-state index in [0.717, 1.165) is 0 Å². The van der Waals surface area contributed by atoms with Crippen LogP contribution in [0.15, 0.2) is 0 Å². The summed E-state index contributed by atoms with van der Waals surface area (Å²) in [6, 6.07) is 0. The number of carbonyl (C=O) groups excluding carboxylic acids is 2. The maximum absolute atomic E-state index is 11.9. The van der Waals surface area contributed by atoms with Crippen LogP contribution in [-0.2, 0) is 14.3 Å². The molecule has 0 spiro atoms. The quantitative estimate of drug-likeness (QED) is 0.733. The van der Waals surface area contributed by atoms with Gasteiger partial charge in [-0.15, -0.1) is 0 Å². The Morgan fingerprint density at radius 2 is 1.94 bits per heavy atom. The van der Waals surface area contributed by atoms with Gasteiger partial charge in [-0.1, -0.05) is 0 Å². The molecule has 0 saturated carbocycles. The topological polar surface area (TPSA) is 81.9 Å². The second kappa shape index (κ2) is 5.56. The normalized spacial score (nSPS) is 23.9. The van der Waals surface area contributed by atoms with E-state index in [9.17, 15) is 9.59 Å². The Morgan fingerprint density at radius 3 is 2.39 bits per heavy atom. The lowest BCUT2D eigenvalue weighted by molar-refractivity contribution is -0.146. The van der Waals surface area contributed by atoms with E-state index in [1.54, 1.807) is 20.8 Å². The summed E-state index contributed by atoms with van der Waals surface area (Å²) in [5.41, 5.74) is 5.08. The Morgan fingerprint density at radius 1 is 1.33 bits per heavy atom. The molecule has 6 nitrogen and oxygen atoms in total. The molecule has 0 bridgehead atoms. The minimum atomic E-state index is -0.543. The van der Waals surface area contributed by atoms with Crippen LogP contribution in [0.3, 0.4) is 0 Å². The third-order valence-electron chi connectivity index (χ3n) is 2.90. The van der Waals surface area contributed by atoms with Gasteiger partial charge < -0.3 is 20.1 Å². The highest BCUT2D eigenvalue weighted by Gasteiger charge is 2.40. The van der Waals surface area contributed by atoms with Crippen molar-refractivity contribution in [1.82, 2.24) is 4.90 Å². The van der Waals surface area contributed by atoms with Crippen LogP contribution in [0.1, 0.15) is 20.8 Å². The fraction of sp³-hybridized carbons (Fsp3) is 0.833. The van der Waals surface area contributed by atoms with E-state index < -0.39 is 11.7 Å². The molecular weight excluding hydrogens is 236 g/mol. The number of methoxy groups -OCH3 is 1. The van der Waals surface area contributed by atoms with Gasteiger partial charge in [-0.25, -0.2) is 4.79 Å². The van der Waals surface area contributed by atoms with Crippen molar-refractivity contribution in [3.63, 3.8) is 0 Å². The van der Waals surface area contributed by atoms with Crippen molar-refractivity contribution in [3.8, 4) is 0 Å². The summed E-state index contributed by atoms with van der Waals surface area (Å²) in [6.07, 6.45) is -0.410. The van der Waals surface area contributed by atoms with Gasteiger partial charge in [0.15, 0.2) is 0 Å². The Bertz CT molecular complexity index is 325. The molecule has 18 heavy (non-hydrogen) atoms. The molecule has 2 unspecified atom stereocenters. The monoisotopic (exact) mass is 258 g/mol. The predicted molar refractivity (Wildman–Crippen MR) is 65.9 cm³/mol. The van der Waals surface area contributed by atoms with E-state index in [4.69, 9.17) is 15.2 Å². The standard InChI is InChI=1S/C12H22N2O4/c1-12(2,3)18-11(16)14-6-8(5-13)9(7-14)10(15)17-4/h8-9H,5-7,13H2,1-4H3. The van der Waals surface area contributed by atoms with E-state index in [1.807, 2.05) is 0 Å². The van der Waals surface area contributed by atoms with Gasteiger partial charge in [-0.05, 0) is 27.3 Å². The van der Waals surface area contributed by atoms with Crippen molar-refractivity contribution in [2.45, 2.75) is 26.4 Å². The number of hydrogen-bond donors (Lipinski definition) is 1. The molecule has 1 rings (SSSR count). The zero-order valence-electron chi connectivity index (χ0n) is 11.4. The van der Waals surface area contributed by atoms with Crippen molar-refractivity contribution in [3.05, 3.63) is 0 Å². The van der Waals surface area contributed by atoms with E-state index in [1.165, 1.54) is 12.0 Å². The number of ether oxygens (including phenoxy) is 2. The summed E-state index contributed by atoms with van der Waals surface area (Å²) < 4.78 is 9.99. The number of rotatable bonds is 2. The van der Waals surface area contributed by atoms with Crippen LogP contribution < -0.4 is 5.73 Å². The Balaban J connectivity index is 2.66. The lowest BCUT2D eigenvalue weighted by Gasteiger charge is -2.24. The molecule has 1 amide bonds. The molecule has 1 heterocycles. The summed E-state index contributed by atoms with van der Waals surface area (Å²) in [4.78, 5) is 25.0. The van der Waals surface area contributed by atoms with Gasteiger partial charge >= 0.3 is 12.1 Å². The molecule has 2 atom stereocenters. The van der Waals surface area contributed by atoms with Crippen molar-refractivity contribution in [2.24, 2.45) is 17.6 Å². The average Bonchev–Trinajstić information content (AvgIpc) is 2.69. The highest BCUT2D eigenvalue weighted by atomic mass is 16.6. The molecule has 104 valence electrons. The summed E-state index contributed by atoms with van der Waals surface area (Å²) in [6.45, 7) is 6.51. The number of nitrogens with two attached hydrogens (primary N) is 1. The first kappa shape index (κ1) is 14.8. The molecule has 1 fully saturated rings. The minimum absolute atomic E-state index is 0.0648. The van der Waals surface area contributed by atoms with E-state index in [0.29, 0.717) is 19.6 Å². The second-order valence-electron chi connectivity index (χ2n) is 5.51.